The van der Waals surface area contributed by atoms with Crippen LogP contribution in [0.1, 0.15) is 35.9 Å². The number of aldehydes is 1. The smallest absolute Gasteiger partial charge is 0.156 e. The van der Waals surface area contributed by atoms with Gasteiger partial charge in [0, 0.05) is 18.2 Å². The molecule has 2 aromatic rings. The summed E-state index contributed by atoms with van der Waals surface area (Å²) in [7, 11) is 0. The summed E-state index contributed by atoms with van der Waals surface area (Å²) in [6, 6.07) is 3.54. The van der Waals surface area contributed by atoms with Gasteiger partial charge in [0.1, 0.15) is 6.29 Å². The quantitative estimate of drug-likeness (QED) is 0.797. The fourth-order valence-electron chi connectivity index (χ4n) is 2.87. The van der Waals surface area contributed by atoms with Gasteiger partial charge >= 0.3 is 0 Å². The summed E-state index contributed by atoms with van der Waals surface area (Å²) in [5, 5.41) is 4.50. The van der Waals surface area contributed by atoms with Crippen LogP contribution in [0.5, 0.6) is 0 Å². The molecule has 106 valence electrons. The SMILES string of the molecule is CCN1CCC(Cc2nc3cc(C=O)ccn3n2)CC1. The molecule has 1 saturated heterocycles. The summed E-state index contributed by atoms with van der Waals surface area (Å²) in [5.74, 6) is 1.57. The molecule has 0 unspecified atom stereocenters. The first-order valence-corrected chi connectivity index (χ1v) is 7.31. The number of likely N-dealkylation sites (tertiary alicyclic amines) is 1. The number of rotatable bonds is 4. The Morgan fingerprint density at radius 3 is 2.90 bits per heavy atom. The normalized spacial score (nSPS) is 17.6. The van der Waals surface area contributed by atoms with Gasteiger partial charge in [0.15, 0.2) is 11.5 Å². The monoisotopic (exact) mass is 272 g/mol. The first kappa shape index (κ1) is 13.2. The van der Waals surface area contributed by atoms with Crippen LogP contribution in [-0.2, 0) is 6.42 Å². The number of fused-ring (bicyclic) bond motifs is 1. The van der Waals surface area contributed by atoms with Crippen molar-refractivity contribution in [3.8, 4) is 0 Å². The third-order valence-corrected chi connectivity index (χ3v) is 4.17. The average molecular weight is 272 g/mol. The van der Waals surface area contributed by atoms with E-state index in [-0.39, 0.29) is 0 Å². The van der Waals surface area contributed by atoms with E-state index in [1.165, 1.54) is 25.9 Å². The summed E-state index contributed by atoms with van der Waals surface area (Å²) >= 11 is 0. The van der Waals surface area contributed by atoms with Crippen LogP contribution >= 0.6 is 0 Å². The standard InChI is InChI=1S/C15H20N4O/c1-2-18-6-3-12(4-7-18)9-14-16-15-10-13(11-20)5-8-19(15)17-14/h5,8,10-12H,2-4,6-7,9H2,1H3. The molecule has 0 aliphatic carbocycles. The number of piperidine rings is 1. The Kier molecular flexibility index (Phi) is 3.78. The molecular formula is C15H20N4O. The number of hydrogen-bond acceptors (Lipinski definition) is 4. The number of nitrogens with zero attached hydrogens (tertiary/aromatic N) is 4. The van der Waals surface area contributed by atoms with Gasteiger partial charge in [-0.15, -0.1) is 0 Å². The van der Waals surface area contributed by atoms with Crippen molar-refractivity contribution >= 4 is 11.9 Å². The van der Waals surface area contributed by atoms with Crippen LogP contribution in [0.15, 0.2) is 18.3 Å². The molecule has 2 aromatic heterocycles. The molecule has 0 radical (unpaired) electrons. The predicted molar refractivity (Wildman–Crippen MR) is 76.9 cm³/mol. The molecule has 0 atom stereocenters. The van der Waals surface area contributed by atoms with Crippen LogP contribution in [0.3, 0.4) is 0 Å². The van der Waals surface area contributed by atoms with Crippen molar-refractivity contribution in [3.63, 3.8) is 0 Å². The minimum absolute atomic E-state index is 0.646. The molecule has 0 amide bonds. The van der Waals surface area contributed by atoms with Gasteiger partial charge in [-0.05, 0) is 50.5 Å². The Bertz CT molecular complexity index is 599. The van der Waals surface area contributed by atoms with Crippen molar-refractivity contribution in [2.24, 2.45) is 5.92 Å². The number of hydrogen-bond donors (Lipinski definition) is 0. The first-order chi connectivity index (χ1) is 9.78. The minimum Gasteiger partial charge on any atom is -0.304 e. The van der Waals surface area contributed by atoms with Crippen molar-refractivity contribution < 1.29 is 4.79 Å². The largest absolute Gasteiger partial charge is 0.304 e. The fourth-order valence-corrected chi connectivity index (χ4v) is 2.87. The summed E-state index contributed by atoms with van der Waals surface area (Å²) < 4.78 is 1.75. The van der Waals surface area contributed by atoms with E-state index in [9.17, 15) is 4.79 Å². The molecule has 1 aliphatic heterocycles. The fraction of sp³-hybridized carbons (Fsp3) is 0.533. The van der Waals surface area contributed by atoms with Crippen LogP contribution in [0.2, 0.25) is 0 Å². The second-order valence-corrected chi connectivity index (χ2v) is 5.49. The van der Waals surface area contributed by atoms with Crippen LogP contribution in [0.4, 0.5) is 0 Å². The summed E-state index contributed by atoms with van der Waals surface area (Å²) in [6.45, 7) is 5.73. The first-order valence-electron chi connectivity index (χ1n) is 7.31. The second-order valence-electron chi connectivity index (χ2n) is 5.49. The third-order valence-electron chi connectivity index (χ3n) is 4.17. The lowest BCUT2D eigenvalue weighted by molar-refractivity contribution is 0.112. The van der Waals surface area contributed by atoms with Crippen molar-refractivity contribution in [3.05, 3.63) is 29.7 Å². The maximum Gasteiger partial charge on any atom is 0.156 e. The maximum atomic E-state index is 10.8. The Hall–Kier alpha value is -1.75. The Morgan fingerprint density at radius 1 is 1.40 bits per heavy atom. The average Bonchev–Trinajstić information content (AvgIpc) is 2.89. The molecule has 5 heteroatoms. The minimum atomic E-state index is 0.646. The summed E-state index contributed by atoms with van der Waals surface area (Å²) in [6.07, 6.45) is 6.03. The summed E-state index contributed by atoms with van der Waals surface area (Å²) in [4.78, 5) is 17.8. The van der Waals surface area contributed by atoms with Crippen molar-refractivity contribution in [2.75, 3.05) is 19.6 Å². The molecule has 3 rings (SSSR count). The van der Waals surface area contributed by atoms with Gasteiger partial charge < -0.3 is 4.90 Å². The van der Waals surface area contributed by atoms with Crippen LogP contribution in [-0.4, -0.2) is 45.4 Å². The second kappa shape index (κ2) is 5.71. The molecule has 1 fully saturated rings. The van der Waals surface area contributed by atoms with E-state index in [1.54, 1.807) is 22.8 Å². The van der Waals surface area contributed by atoms with E-state index in [2.05, 4.69) is 21.9 Å². The van der Waals surface area contributed by atoms with Crippen molar-refractivity contribution in [1.29, 1.82) is 0 Å². The highest BCUT2D eigenvalue weighted by molar-refractivity contribution is 5.76. The molecule has 3 heterocycles. The third kappa shape index (κ3) is 2.72. The highest BCUT2D eigenvalue weighted by atomic mass is 16.1. The maximum absolute atomic E-state index is 10.8. The zero-order valence-corrected chi connectivity index (χ0v) is 11.8. The zero-order chi connectivity index (χ0) is 13.9. The molecule has 0 spiro atoms. The predicted octanol–water partition coefficient (Wildman–Crippen LogP) is 1.82. The van der Waals surface area contributed by atoms with E-state index in [1.807, 2.05) is 0 Å². The van der Waals surface area contributed by atoms with E-state index in [0.29, 0.717) is 11.5 Å². The number of aromatic nitrogens is 3. The molecule has 1 aliphatic rings. The highest BCUT2D eigenvalue weighted by Gasteiger charge is 2.20. The van der Waals surface area contributed by atoms with Crippen LogP contribution < -0.4 is 0 Å². The van der Waals surface area contributed by atoms with Gasteiger partial charge in [0.05, 0.1) is 0 Å². The lowest BCUT2D eigenvalue weighted by atomic mass is 9.93. The van der Waals surface area contributed by atoms with Gasteiger partial charge in [0.25, 0.3) is 0 Å². The van der Waals surface area contributed by atoms with Gasteiger partial charge in [0.2, 0.25) is 0 Å². The van der Waals surface area contributed by atoms with Crippen molar-refractivity contribution in [2.45, 2.75) is 26.2 Å². The van der Waals surface area contributed by atoms with Gasteiger partial charge in [-0.25, -0.2) is 9.50 Å². The number of carbonyl (C=O) groups excluding carboxylic acids is 1. The van der Waals surface area contributed by atoms with Crippen LogP contribution in [0, 0.1) is 5.92 Å². The number of pyridine rings is 1. The molecule has 0 saturated carbocycles. The van der Waals surface area contributed by atoms with Crippen molar-refractivity contribution in [1.82, 2.24) is 19.5 Å². The van der Waals surface area contributed by atoms with E-state index in [4.69, 9.17) is 0 Å². The van der Waals surface area contributed by atoms with Gasteiger partial charge in [-0.1, -0.05) is 6.92 Å². The molecule has 5 nitrogen and oxygen atoms in total. The summed E-state index contributed by atoms with van der Waals surface area (Å²) in [5.41, 5.74) is 1.41. The van der Waals surface area contributed by atoms with Gasteiger partial charge in [-0.3, -0.25) is 4.79 Å². The molecule has 20 heavy (non-hydrogen) atoms. The highest BCUT2D eigenvalue weighted by Crippen LogP contribution is 2.20. The lowest BCUT2D eigenvalue weighted by Gasteiger charge is -2.30. The number of carbonyl (C=O) groups is 1. The van der Waals surface area contributed by atoms with E-state index in [0.717, 1.165) is 30.7 Å². The Morgan fingerprint density at radius 2 is 2.20 bits per heavy atom. The topological polar surface area (TPSA) is 50.5 Å². The van der Waals surface area contributed by atoms with Crippen LogP contribution in [0.25, 0.3) is 5.65 Å². The molecule has 0 bridgehead atoms. The Labute approximate surface area is 118 Å². The van der Waals surface area contributed by atoms with E-state index < -0.39 is 0 Å². The Balaban J connectivity index is 1.70. The zero-order valence-electron chi connectivity index (χ0n) is 11.8. The van der Waals surface area contributed by atoms with E-state index >= 15 is 0 Å². The van der Waals surface area contributed by atoms with Gasteiger partial charge in [-0.2, -0.15) is 5.10 Å². The molecular weight excluding hydrogens is 252 g/mol. The lowest BCUT2D eigenvalue weighted by Crippen LogP contribution is -2.34. The molecule has 0 N–H and O–H groups in total. The molecule has 0 aromatic carbocycles.